The Kier molecular flexibility index (Phi) is 7.20. The van der Waals surface area contributed by atoms with Crippen molar-refractivity contribution in [3.63, 3.8) is 0 Å². The van der Waals surface area contributed by atoms with Crippen LogP contribution >= 0.6 is 11.6 Å². The van der Waals surface area contributed by atoms with Crippen LogP contribution in [0.2, 0.25) is 5.02 Å². The molecule has 2 aliphatic rings. The van der Waals surface area contributed by atoms with Crippen LogP contribution in [0.3, 0.4) is 0 Å². The zero-order chi connectivity index (χ0) is 20.8. The molecule has 1 aromatic rings. The highest BCUT2D eigenvalue weighted by Gasteiger charge is 2.35. The number of esters is 1. The molecule has 0 spiro atoms. The van der Waals surface area contributed by atoms with E-state index in [-0.39, 0.29) is 18.6 Å². The molecule has 0 saturated heterocycles. The first-order chi connectivity index (χ1) is 14.0. The SMILES string of the molecule is COc1cc(/C=C/C(=O)OCC(=O)N(C2=CCCCC2)C2CC2)cc(Cl)c1OC. The summed E-state index contributed by atoms with van der Waals surface area (Å²) in [4.78, 5) is 26.6. The van der Waals surface area contributed by atoms with Crippen molar-refractivity contribution in [3.8, 4) is 11.5 Å². The van der Waals surface area contributed by atoms with Crippen LogP contribution in [0.15, 0.2) is 30.0 Å². The number of carbonyl (C=O) groups excluding carboxylic acids is 2. The van der Waals surface area contributed by atoms with Crippen LogP contribution in [0, 0.1) is 0 Å². The van der Waals surface area contributed by atoms with Gasteiger partial charge in [-0.1, -0.05) is 17.7 Å². The highest BCUT2D eigenvalue weighted by atomic mass is 35.5. The van der Waals surface area contributed by atoms with Crippen molar-refractivity contribution < 1.29 is 23.8 Å². The molecule has 0 bridgehead atoms. The Bertz CT molecular complexity index is 829. The first-order valence-electron chi connectivity index (χ1n) is 9.81. The van der Waals surface area contributed by atoms with E-state index in [1.165, 1.54) is 20.3 Å². The molecular weight excluding hydrogens is 394 g/mol. The van der Waals surface area contributed by atoms with E-state index in [1.54, 1.807) is 18.2 Å². The minimum atomic E-state index is -0.586. The molecule has 0 N–H and O–H groups in total. The first-order valence-corrected chi connectivity index (χ1v) is 10.2. The molecule has 1 saturated carbocycles. The minimum Gasteiger partial charge on any atom is -0.493 e. The fourth-order valence-corrected chi connectivity index (χ4v) is 3.72. The molecule has 0 aliphatic heterocycles. The van der Waals surface area contributed by atoms with Crippen LogP contribution in [0.4, 0.5) is 0 Å². The number of amides is 1. The lowest BCUT2D eigenvalue weighted by atomic mass is 10.0. The smallest absolute Gasteiger partial charge is 0.331 e. The molecule has 0 unspecified atom stereocenters. The molecule has 2 aliphatic carbocycles. The van der Waals surface area contributed by atoms with Crippen LogP contribution in [-0.4, -0.2) is 43.6 Å². The average molecular weight is 420 g/mol. The molecule has 1 fully saturated rings. The highest BCUT2D eigenvalue weighted by Crippen LogP contribution is 2.36. The van der Waals surface area contributed by atoms with Gasteiger partial charge in [0.1, 0.15) is 0 Å². The molecule has 0 heterocycles. The topological polar surface area (TPSA) is 65.1 Å². The zero-order valence-electron chi connectivity index (χ0n) is 16.8. The van der Waals surface area contributed by atoms with Crippen molar-refractivity contribution in [2.24, 2.45) is 0 Å². The predicted molar refractivity (Wildman–Crippen MR) is 111 cm³/mol. The van der Waals surface area contributed by atoms with E-state index in [0.717, 1.165) is 44.2 Å². The summed E-state index contributed by atoms with van der Waals surface area (Å²) in [5.74, 6) is 0.148. The van der Waals surface area contributed by atoms with Gasteiger partial charge in [0, 0.05) is 17.8 Å². The number of hydrogen-bond donors (Lipinski definition) is 0. The molecule has 1 aromatic carbocycles. The Balaban J connectivity index is 1.58. The maximum absolute atomic E-state index is 12.6. The van der Waals surface area contributed by atoms with Gasteiger partial charge in [0.15, 0.2) is 18.1 Å². The molecular formula is C22H26ClNO5. The van der Waals surface area contributed by atoms with Crippen LogP contribution < -0.4 is 9.47 Å². The standard InChI is InChI=1S/C22H26ClNO5/c1-27-19-13-15(12-18(23)22(19)28-2)8-11-21(26)29-14-20(25)24(17-9-10-17)16-6-4-3-5-7-16/h6,8,11-13,17H,3-5,7,9-10,14H2,1-2H3/b11-8+. The Morgan fingerprint density at radius 3 is 2.62 bits per heavy atom. The zero-order valence-corrected chi connectivity index (χ0v) is 17.5. The quantitative estimate of drug-likeness (QED) is 0.462. The third-order valence-electron chi connectivity index (χ3n) is 4.96. The maximum Gasteiger partial charge on any atom is 0.331 e. The Hall–Kier alpha value is -2.47. The summed E-state index contributed by atoms with van der Waals surface area (Å²) in [6.45, 7) is -0.260. The summed E-state index contributed by atoms with van der Waals surface area (Å²) in [5.41, 5.74) is 1.73. The molecule has 1 amide bonds. The van der Waals surface area contributed by atoms with Gasteiger partial charge in [0.2, 0.25) is 0 Å². The molecule has 3 rings (SSSR count). The second-order valence-electron chi connectivity index (χ2n) is 7.12. The molecule has 156 valence electrons. The van der Waals surface area contributed by atoms with E-state index >= 15 is 0 Å². The Morgan fingerprint density at radius 1 is 1.21 bits per heavy atom. The van der Waals surface area contributed by atoms with E-state index in [9.17, 15) is 9.59 Å². The van der Waals surface area contributed by atoms with Crippen molar-refractivity contribution >= 4 is 29.6 Å². The average Bonchev–Trinajstić information content (AvgIpc) is 3.56. The van der Waals surface area contributed by atoms with Gasteiger partial charge in [0.05, 0.1) is 19.2 Å². The van der Waals surface area contributed by atoms with Crippen LogP contribution in [0.5, 0.6) is 11.5 Å². The van der Waals surface area contributed by atoms with Crippen LogP contribution in [-0.2, 0) is 14.3 Å². The number of hydrogen-bond acceptors (Lipinski definition) is 5. The number of nitrogens with zero attached hydrogens (tertiary/aromatic N) is 1. The number of halogens is 1. The number of ether oxygens (including phenoxy) is 3. The molecule has 0 aromatic heterocycles. The van der Waals surface area contributed by atoms with E-state index in [1.807, 2.05) is 4.90 Å². The largest absolute Gasteiger partial charge is 0.493 e. The number of methoxy groups -OCH3 is 2. The fourth-order valence-electron chi connectivity index (χ4n) is 3.42. The number of benzene rings is 1. The monoisotopic (exact) mass is 419 g/mol. The number of allylic oxidation sites excluding steroid dienone is 2. The fraction of sp³-hybridized carbons (Fsp3) is 0.455. The second-order valence-corrected chi connectivity index (χ2v) is 7.52. The Labute approximate surface area is 176 Å². The second kappa shape index (κ2) is 9.83. The summed E-state index contributed by atoms with van der Waals surface area (Å²) in [6, 6.07) is 3.61. The van der Waals surface area contributed by atoms with Gasteiger partial charge in [-0.05, 0) is 62.3 Å². The lowest BCUT2D eigenvalue weighted by Gasteiger charge is -2.27. The van der Waals surface area contributed by atoms with Gasteiger partial charge >= 0.3 is 5.97 Å². The molecule has 7 heteroatoms. The number of rotatable bonds is 8. The number of carbonyl (C=O) groups is 2. The molecule has 29 heavy (non-hydrogen) atoms. The van der Waals surface area contributed by atoms with Gasteiger partial charge in [-0.2, -0.15) is 0 Å². The van der Waals surface area contributed by atoms with E-state index in [4.69, 9.17) is 25.8 Å². The summed E-state index contributed by atoms with van der Waals surface area (Å²) in [7, 11) is 3.01. The lowest BCUT2D eigenvalue weighted by Crippen LogP contribution is -2.36. The molecule has 6 nitrogen and oxygen atoms in total. The summed E-state index contributed by atoms with van der Waals surface area (Å²) < 4.78 is 15.6. The van der Waals surface area contributed by atoms with Crippen molar-refractivity contribution in [1.29, 1.82) is 0 Å². The summed E-state index contributed by atoms with van der Waals surface area (Å²) >= 11 is 6.17. The highest BCUT2D eigenvalue weighted by molar-refractivity contribution is 6.32. The van der Waals surface area contributed by atoms with Crippen molar-refractivity contribution in [2.45, 2.75) is 44.6 Å². The third kappa shape index (κ3) is 5.54. The maximum atomic E-state index is 12.6. The van der Waals surface area contributed by atoms with E-state index in [0.29, 0.717) is 22.1 Å². The van der Waals surface area contributed by atoms with Gasteiger partial charge in [0.25, 0.3) is 5.91 Å². The molecule has 0 atom stereocenters. The van der Waals surface area contributed by atoms with Crippen molar-refractivity contribution in [3.05, 3.63) is 40.6 Å². The van der Waals surface area contributed by atoms with Crippen molar-refractivity contribution in [1.82, 2.24) is 4.90 Å². The normalized spacial score (nSPS) is 16.3. The van der Waals surface area contributed by atoms with Gasteiger partial charge in [-0.3, -0.25) is 4.79 Å². The van der Waals surface area contributed by atoms with Crippen molar-refractivity contribution in [2.75, 3.05) is 20.8 Å². The molecule has 0 radical (unpaired) electrons. The van der Waals surface area contributed by atoms with Gasteiger partial charge < -0.3 is 19.1 Å². The van der Waals surface area contributed by atoms with Gasteiger partial charge in [-0.25, -0.2) is 4.79 Å². The lowest BCUT2D eigenvalue weighted by molar-refractivity contribution is -0.147. The van der Waals surface area contributed by atoms with Gasteiger partial charge in [-0.15, -0.1) is 0 Å². The Morgan fingerprint density at radius 2 is 2.00 bits per heavy atom. The summed E-state index contributed by atoms with van der Waals surface area (Å²) in [6.07, 6.45) is 11.2. The predicted octanol–water partition coefficient (Wildman–Crippen LogP) is 4.36. The minimum absolute atomic E-state index is 0.156. The van der Waals surface area contributed by atoms with Crippen LogP contribution in [0.25, 0.3) is 6.08 Å². The van der Waals surface area contributed by atoms with Crippen LogP contribution in [0.1, 0.15) is 44.1 Å². The van der Waals surface area contributed by atoms with E-state index in [2.05, 4.69) is 6.08 Å². The third-order valence-corrected chi connectivity index (χ3v) is 5.24. The first kappa shape index (κ1) is 21.2. The summed E-state index contributed by atoms with van der Waals surface area (Å²) in [5, 5.41) is 0.371. The van der Waals surface area contributed by atoms with E-state index < -0.39 is 5.97 Å².